The van der Waals surface area contributed by atoms with Crippen LogP contribution in [0.15, 0.2) is 60.7 Å². The number of aliphatic carboxylic acids is 3. The lowest BCUT2D eigenvalue weighted by molar-refractivity contribution is -0.143. The molecule has 7 N–H and O–H groups in total. The highest BCUT2D eigenvalue weighted by molar-refractivity contribution is 5.92. The van der Waals surface area contributed by atoms with Gasteiger partial charge < -0.3 is 36.2 Å². The zero-order valence-electron chi connectivity index (χ0n) is 33.0. The molecule has 5 unspecified atom stereocenters. The van der Waals surface area contributed by atoms with Crippen LogP contribution in [0.1, 0.15) is 129 Å². The van der Waals surface area contributed by atoms with Crippen LogP contribution in [0, 0.1) is 29.6 Å². The van der Waals surface area contributed by atoms with Crippen molar-refractivity contribution >= 4 is 35.2 Å². The van der Waals surface area contributed by atoms with Crippen LogP contribution in [0.5, 0.6) is 11.5 Å². The molecule has 2 rings (SSSR count). The first-order valence-electron chi connectivity index (χ1n) is 20.4. The molecule has 0 aliphatic rings. The molecule has 0 aliphatic carbocycles. The first-order valence-corrected chi connectivity index (χ1v) is 20.4. The number of phenols is 2. The summed E-state index contributed by atoms with van der Waals surface area (Å²) in [4.78, 5) is 48.3. The predicted molar refractivity (Wildman–Crippen MR) is 217 cm³/mol. The third-order valence-electron chi connectivity index (χ3n) is 10.4. The van der Waals surface area contributed by atoms with E-state index in [0.29, 0.717) is 63.6 Å². The molecule has 11 nitrogen and oxygen atoms in total. The lowest BCUT2D eigenvalue weighted by atomic mass is 9.89. The molecule has 0 saturated carbocycles. The van der Waals surface area contributed by atoms with Crippen molar-refractivity contribution in [3.05, 3.63) is 60.7 Å². The van der Waals surface area contributed by atoms with E-state index in [1.54, 1.807) is 43.3 Å². The summed E-state index contributed by atoms with van der Waals surface area (Å²) in [6.45, 7) is 4.19. The molecule has 0 aliphatic heterocycles. The van der Waals surface area contributed by atoms with Crippen molar-refractivity contribution in [2.75, 3.05) is 17.2 Å². The standard InChI is InChI=1S/C44H66N2O9/c1-3-17-36(44(54)55)28-33(31-45-37-24-15-26-39(47)29-37)19-13-14-21-34(41(49)46-38-25-16-27-40(48)30-38)20-10-7-8-12-23-35(43(52)53)22-11-6-4-5-9-18-32(2)42(50)51/h13,15-16,19,24-27,29-30,32-36,45,47-48H,3-12,14,17-18,20-23,28,31H2,1-2H3,(H,46,49)(H,50,51)(H,52,53)(H,54,55). The van der Waals surface area contributed by atoms with Crippen molar-refractivity contribution in [1.29, 1.82) is 0 Å². The molecular weight excluding hydrogens is 700 g/mol. The van der Waals surface area contributed by atoms with E-state index in [0.717, 1.165) is 69.9 Å². The lowest BCUT2D eigenvalue weighted by Crippen LogP contribution is -2.23. The summed E-state index contributed by atoms with van der Waals surface area (Å²) in [5.74, 6) is -3.79. The van der Waals surface area contributed by atoms with Crippen molar-refractivity contribution in [2.24, 2.45) is 29.6 Å². The van der Waals surface area contributed by atoms with E-state index in [1.165, 1.54) is 6.07 Å². The lowest BCUT2D eigenvalue weighted by Gasteiger charge is -2.20. The van der Waals surface area contributed by atoms with E-state index in [2.05, 4.69) is 10.6 Å². The molecule has 2 aromatic carbocycles. The average molecular weight is 767 g/mol. The van der Waals surface area contributed by atoms with E-state index in [4.69, 9.17) is 5.11 Å². The van der Waals surface area contributed by atoms with Crippen LogP contribution in [0.25, 0.3) is 0 Å². The van der Waals surface area contributed by atoms with Gasteiger partial charge in [-0.3, -0.25) is 19.2 Å². The quantitative estimate of drug-likeness (QED) is 0.0287. The van der Waals surface area contributed by atoms with Crippen molar-refractivity contribution in [2.45, 2.75) is 129 Å². The molecule has 5 atom stereocenters. The number of carboxylic acid groups (broad SMARTS) is 3. The fourth-order valence-electron chi connectivity index (χ4n) is 6.99. The van der Waals surface area contributed by atoms with Gasteiger partial charge in [-0.25, -0.2) is 0 Å². The van der Waals surface area contributed by atoms with Gasteiger partial charge in [0.15, 0.2) is 0 Å². The van der Waals surface area contributed by atoms with Crippen LogP contribution in [0.4, 0.5) is 11.4 Å². The van der Waals surface area contributed by atoms with E-state index in [9.17, 15) is 39.6 Å². The molecule has 0 radical (unpaired) electrons. The molecule has 0 fully saturated rings. The van der Waals surface area contributed by atoms with Gasteiger partial charge >= 0.3 is 17.9 Å². The normalized spacial score (nSPS) is 14.1. The summed E-state index contributed by atoms with van der Waals surface area (Å²) in [5.41, 5.74) is 1.27. The highest BCUT2D eigenvalue weighted by Crippen LogP contribution is 2.25. The first kappa shape index (κ1) is 46.6. The Morgan fingerprint density at radius 3 is 1.71 bits per heavy atom. The Balaban J connectivity index is 1.91. The fraction of sp³-hybridized carbons (Fsp3) is 0.591. The topological polar surface area (TPSA) is 193 Å². The molecule has 2 aromatic rings. The van der Waals surface area contributed by atoms with Crippen LogP contribution in [0.2, 0.25) is 0 Å². The van der Waals surface area contributed by atoms with Gasteiger partial charge in [0, 0.05) is 36.0 Å². The zero-order chi connectivity index (χ0) is 40.4. The number of hydrogen-bond acceptors (Lipinski definition) is 7. The number of carbonyl (C=O) groups is 4. The Hall–Kier alpha value is -4.54. The number of unbranched alkanes of at least 4 members (excludes halogenated alkanes) is 7. The van der Waals surface area contributed by atoms with Gasteiger partial charge in [0.1, 0.15) is 11.5 Å². The Kier molecular flexibility index (Phi) is 23.0. The summed E-state index contributed by atoms with van der Waals surface area (Å²) in [5, 5.41) is 54.6. The van der Waals surface area contributed by atoms with E-state index in [1.807, 2.05) is 25.1 Å². The van der Waals surface area contributed by atoms with Gasteiger partial charge in [0.05, 0.1) is 17.8 Å². The minimum atomic E-state index is -0.812. The maximum atomic E-state index is 13.5. The summed E-state index contributed by atoms with van der Waals surface area (Å²) < 4.78 is 0. The Morgan fingerprint density at radius 1 is 0.636 bits per heavy atom. The van der Waals surface area contributed by atoms with Gasteiger partial charge in [0.2, 0.25) is 5.91 Å². The number of aromatic hydroxyl groups is 2. The first-order chi connectivity index (χ1) is 26.4. The second-order valence-electron chi connectivity index (χ2n) is 15.1. The molecular formula is C44H66N2O9. The van der Waals surface area contributed by atoms with E-state index >= 15 is 0 Å². The van der Waals surface area contributed by atoms with Crippen LogP contribution in [-0.2, 0) is 19.2 Å². The summed E-state index contributed by atoms with van der Waals surface area (Å²) in [6, 6.07) is 13.3. The largest absolute Gasteiger partial charge is 0.508 e. The van der Waals surface area contributed by atoms with Crippen molar-refractivity contribution in [3.63, 3.8) is 0 Å². The number of anilines is 2. The summed E-state index contributed by atoms with van der Waals surface area (Å²) in [7, 11) is 0. The van der Waals surface area contributed by atoms with Gasteiger partial charge in [-0.15, -0.1) is 0 Å². The smallest absolute Gasteiger partial charge is 0.306 e. The SMILES string of the molecule is CCCC(CC(C=CCCC(CCCCCCC(CCCCCCCC(C)C(=O)O)C(=O)O)C(=O)Nc1cccc(O)c1)CNc1cccc(O)c1)C(=O)O. The number of rotatable bonds is 31. The maximum absolute atomic E-state index is 13.5. The molecule has 1 amide bonds. The van der Waals surface area contributed by atoms with Gasteiger partial charge in [0.25, 0.3) is 0 Å². The number of phenolic OH excluding ortho intramolecular Hbond substituents is 2. The van der Waals surface area contributed by atoms with Crippen LogP contribution < -0.4 is 10.6 Å². The molecule has 0 bridgehead atoms. The minimum absolute atomic E-state index is 0.0627. The molecule has 0 aromatic heterocycles. The predicted octanol–water partition coefficient (Wildman–Crippen LogP) is 10.1. The average Bonchev–Trinajstić information content (AvgIpc) is 3.13. The van der Waals surface area contributed by atoms with Crippen molar-refractivity contribution < 1.29 is 44.7 Å². The molecule has 0 heterocycles. The van der Waals surface area contributed by atoms with Crippen LogP contribution >= 0.6 is 0 Å². The fourth-order valence-corrected chi connectivity index (χ4v) is 6.99. The second-order valence-corrected chi connectivity index (χ2v) is 15.1. The maximum Gasteiger partial charge on any atom is 0.306 e. The summed E-state index contributed by atoms with van der Waals surface area (Å²) >= 11 is 0. The highest BCUT2D eigenvalue weighted by atomic mass is 16.4. The summed E-state index contributed by atoms with van der Waals surface area (Å²) in [6.07, 6.45) is 17.7. The number of carbonyl (C=O) groups excluding carboxylic acids is 1. The Labute approximate surface area is 327 Å². The molecule has 55 heavy (non-hydrogen) atoms. The van der Waals surface area contributed by atoms with Gasteiger partial charge in [-0.05, 0) is 81.5 Å². The van der Waals surface area contributed by atoms with Crippen molar-refractivity contribution in [1.82, 2.24) is 0 Å². The number of nitrogens with one attached hydrogen (secondary N) is 2. The number of hydrogen-bond donors (Lipinski definition) is 7. The van der Waals surface area contributed by atoms with Gasteiger partial charge in [-0.2, -0.15) is 0 Å². The van der Waals surface area contributed by atoms with Gasteiger partial charge in [-0.1, -0.05) is 102 Å². The number of allylic oxidation sites excluding steroid dienone is 1. The monoisotopic (exact) mass is 766 g/mol. The number of amides is 1. The molecule has 0 saturated heterocycles. The molecule has 11 heteroatoms. The van der Waals surface area contributed by atoms with Crippen molar-refractivity contribution in [3.8, 4) is 11.5 Å². The van der Waals surface area contributed by atoms with Crippen LogP contribution in [0.3, 0.4) is 0 Å². The molecule has 0 spiro atoms. The molecule has 306 valence electrons. The minimum Gasteiger partial charge on any atom is -0.508 e. The van der Waals surface area contributed by atoms with E-state index < -0.39 is 23.8 Å². The number of carboxylic acids is 3. The highest BCUT2D eigenvalue weighted by Gasteiger charge is 2.22. The third-order valence-corrected chi connectivity index (χ3v) is 10.4. The third kappa shape index (κ3) is 20.6. The van der Waals surface area contributed by atoms with E-state index in [-0.39, 0.29) is 41.1 Å². The Bertz CT molecular complexity index is 1460. The number of benzene rings is 2. The second kappa shape index (κ2) is 27.1. The van der Waals surface area contributed by atoms with Crippen LogP contribution in [-0.4, -0.2) is 55.9 Å². The zero-order valence-corrected chi connectivity index (χ0v) is 33.0. The Morgan fingerprint density at radius 2 is 1.16 bits per heavy atom.